The van der Waals surface area contributed by atoms with Crippen molar-refractivity contribution >= 4 is 34.1 Å². The molecule has 0 spiro atoms. The minimum Gasteiger partial charge on any atom is -0.494 e. The van der Waals surface area contributed by atoms with E-state index < -0.39 is 0 Å². The van der Waals surface area contributed by atoms with Crippen molar-refractivity contribution in [1.29, 1.82) is 0 Å². The number of anilines is 1. The molecule has 0 bridgehead atoms. The average Bonchev–Trinajstić information content (AvgIpc) is 2.75. The minimum absolute atomic E-state index is 0.182. The third-order valence-electron chi connectivity index (χ3n) is 4.88. The van der Waals surface area contributed by atoms with Gasteiger partial charge in [0.05, 0.1) is 23.4 Å². The monoisotopic (exact) mass is 416 g/mol. The van der Waals surface area contributed by atoms with Crippen molar-refractivity contribution < 1.29 is 9.53 Å². The first-order chi connectivity index (χ1) is 14.6. The Morgan fingerprint density at radius 3 is 2.53 bits per heavy atom. The summed E-state index contributed by atoms with van der Waals surface area (Å²) in [7, 11) is 0. The number of amides is 1. The van der Waals surface area contributed by atoms with Crippen molar-refractivity contribution in [1.82, 2.24) is 4.98 Å². The van der Waals surface area contributed by atoms with Gasteiger partial charge in [0.1, 0.15) is 5.75 Å². The van der Waals surface area contributed by atoms with E-state index in [9.17, 15) is 4.79 Å². The highest BCUT2D eigenvalue weighted by atomic mass is 35.5. The van der Waals surface area contributed by atoms with Crippen LogP contribution in [0, 0.1) is 6.92 Å². The number of rotatable bonds is 5. The van der Waals surface area contributed by atoms with E-state index in [4.69, 9.17) is 21.3 Å². The molecule has 3 aromatic carbocycles. The predicted molar refractivity (Wildman–Crippen MR) is 122 cm³/mol. The third kappa shape index (κ3) is 4.00. The van der Waals surface area contributed by atoms with Gasteiger partial charge in [-0.15, -0.1) is 0 Å². The van der Waals surface area contributed by atoms with Crippen LogP contribution in [0.4, 0.5) is 5.69 Å². The highest BCUT2D eigenvalue weighted by molar-refractivity contribution is 6.30. The number of pyridine rings is 1. The van der Waals surface area contributed by atoms with Crippen LogP contribution in [0.3, 0.4) is 0 Å². The highest BCUT2D eigenvalue weighted by Crippen LogP contribution is 2.31. The van der Waals surface area contributed by atoms with Crippen LogP contribution >= 0.6 is 11.6 Å². The molecule has 4 rings (SSSR count). The van der Waals surface area contributed by atoms with E-state index in [-0.39, 0.29) is 5.91 Å². The third-order valence-corrected chi connectivity index (χ3v) is 5.12. The first-order valence-electron chi connectivity index (χ1n) is 9.76. The van der Waals surface area contributed by atoms with Gasteiger partial charge in [0.15, 0.2) is 0 Å². The zero-order valence-electron chi connectivity index (χ0n) is 16.8. The van der Waals surface area contributed by atoms with Crippen molar-refractivity contribution in [2.75, 3.05) is 11.9 Å². The SMILES string of the molecule is CCOc1ccc(NC(=O)c2c(C)c(-c3cccc(Cl)c3)nc3ccccc23)cc1. The molecule has 0 atom stereocenters. The molecule has 4 nitrogen and oxygen atoms in total. The molecular weight excluding hydrogens is 396 g/mol. The van der Waals surface area contributed by atoms with Crippen molar-refractivity contribution in [2.24, 2.45) is 0 Å². The van der Waals surface area contributed by atoms with Crippen LogP contribution in [0.5, 0.6) is 5.75 Å². The lowest BCUT2D eigenvalue weighted by Crippen LogP contribution is -2.15. The van der Waals surface area contributed by atoms with Crippen LogP contribution < -0.4 is 10.1 Å². The first kappa shape index (κ1) is 19.9. The van der Waals surface area contributed by atoms with Crippen LogP contribution in [0.25, 0.3) is 22.2 Å². The number of carbonyl (C=O) groups excluding carboxylic acids is 1. The number of hydrogen-bond donors (Lipinski definition) is 1. The maximum absolute atomic E-state index is 13.3. The van der Waals surface area contributed by atoms with Crippen molar-refractivity contribution in [3.05, 3.63) is 88.9 Å². The second-order valence-electron chi connectivity index (χ2n) is 6.90. The van der Waals surface area contributed by atoms with Crippen LogP contribution in [-0.4, -0.2) is 17.5 Å². The van der Waals surface area contributed by atoms with E-state index in [0.717, 1.165) is 33.5 Å². The molecule has 0 aliphatic rings. The van der Waals surface area contributed by atoms with Gasteiger partial charge in [-0.25, -0.2) is 4.98 Å². The summed E-state index contributed by atoms with van der Waals surface area (Å²) < 4.78 is 5.47. The Balaban J connectivity index is 1.78. The molecule has 1 N–H and O–H groups in total. The zero-order chi connectivity index (χ0) is 21.1. The summed E-state index contributed by atoms with van der Waals surface area (Å²) >= 11 is 6.19. The first-order valence-corrected chi connectivity index (χ1v) is 10.1. The number of ether oxygens (including phenoxy) is 1. The fourth-order valence-electron chi connectivity index (χ4n) is 3.51. The number of aromatic nitrogens is 1. The van der Waals surface area contributed by atoms with E-state index in [2.05, 4.69) is 5.32 Å². The van der Waals surface area contributed by atoms with Gasteiger partial charge in [-0.2, -0.15) is 0 Å². The van der Waals surface area contributed by atoms with Crippen LogP contribution in [0.2, 0.25) is 5.02 Å². The van der Waals surface area contributed by atoms with Gasteiger partial charge in [-0.05, 0) is 61.9 Å². The molecule has 0 aliphatic heterocycles. The Kier molecular flexibility index (Phi) is 5.68. The van der Waals surface area contributed by atoms with Crippen LogP contribution in [-0.2, 0) is 0 Å². The molecule has 0 saturated carbocycles. The summed E-state index contributed by atoms with van der Waals surface area (Å²) in [5.74, 6) is 0.586. The maximum Gasteiger partial charge on any atom is 0.256 e. The van der Waals surface area contributed by atoms with E-state index in [1.54, 1.807) is 0 Å². The van der Waals surface area contributed by atoms with Crippen molar-refractivity contribution in [2.45, 2.75) is 13.8 Å². The Hall–Kier alpha value is -3.37. The number of para-hydroxylation sites is 1. The quantitative estimate of drug-likeness (QED) is 0.403. The number of nitrogens with one attached hydrogen (secondary N) is 1. The number of nitrogens with zero attached hydrogens (tertiary/aromatic N) is 1. The summed E-state index contributed by atoms with van der Waals surface area (Å²) in [6, 6.07) is 22.5. The van der Waals surface area contributed by atoms with Crippen molar-refractivity contribution in [3.8, 4) is 17.0 Å². The summed E-state index contributed by atoms with van der Waals surface area (Å²) in [5.41, 5.74) is 4.49. The standard InChI is InChI=1S/C25H21ClN2O2/c1-3-30-20-13-11-19(12-14-20)27-25(29)23-16(2)24(17-7-6-8-18(26)15-17)28-22-10-5-4-9-21(22)23/h4-15H,3H2,1-2H3,(H,27,29). The topological polar surface area (TPSA) is 51.2 Å². The van der Waals surface area contributed by atoms with Crippen LogP contribution in [0.15, 0.2) is 72.8 Å². The Labute approximate surface area is 180 Å². The van der Waals surface area contributed by atoms with Gasteiger partial charge >= 0.3 is 0 Å². The van der Waals surface area contributed by atoms with Gasteiger partial charge in [0, 0.05) is 21.7 Å². The molecule has 1 aromatic heterocycles. The largest absolute Gasteiger partial charge is 0.494 e. The molecule has 0 saturated heterocycles. The molecule has 0 unspecified atom stereocenters. The summed E-state index contributed by atoms with van der Waals surface area (Å²) in [5, 5.41) is 4.44. The van der Waals surface area contributed by atoms with Crippen molar-refractivity contribution in [3.63, 3.8) is 0 Å². The lowest BCUT2D eigenvalue weighted by atomic mass is 9.97. The van der Waals surface area contributed by atoms with E-state index >= 15 is 0 Å². The van der Waals surface area contributed by atoms with Gasteiger partial charge in [-0.1, -0.05) is 41.9 Å². The number of halogens is 1. The number of benzene rings is 3. The van der Waals surface area contributed by atoms with Crippen LogP contribution in [0.1, 0.15) is 22.8 Å². The molecule has 150 valence electrons. The Morgan fingerprint density at radius 1 is 1.03 bits per heavy atom. The molecule has 1 heterocycles. The zero-order valence-corrected chi connectivity index (χ0v) is 17.5. The number of hydrogen-bond acceptors (Lipinski definition) is 3. The summed E-state index contributed by atoms with van der Waals surface area (Å²) in [6.45, 7) is 4.45. The van der Waals surface area contributed by atoms with E-state index in [0.29, 0.717) is 22.9 Å². The molecular formula is C25H21ClN2O2. The molecule has 1 amide bonds. The second-order valence-corrected chi connectivity index (χ2v) is 7.34. The molecule has 30 heavy (non-hydrogen) atoms. The fourth-order valence-corrected chi connectivity index (χ4v) is 3.70. The highest BCUT2D eigenvalue weighted by Gasteiger charge is 2.19. The second kappa shape index (κ2) is 8.56. The Bertz CT molecular complexity index is 1220. The van der Waals surface area contributed by atoms with E-state index in [1.807, 2.05) is 86.6 Å². The molecule has 5 heteroatoms. The van der Waals surface area contributed by atoms with Gasteiger partial charge < -0.3 is 10.1 Å². The fraction of sp³-hybridized carbons (Fsp3) is 0.120. The number of fused-ring (bicyclic) bond motifs is 1. The van der Waals surface area contributed by atoms with Gasteiger partial charge in [0.2, 0.25) is 0 Å². The normalized spacial score (nSPS) is 10.8. The van der Waals surface area contributed by atoms with Gasteiger partial charge in [0.25, 0.3) is 5.91 Å². The Morgan fingerprint density at radius 2 is 1.80 bits per heavy atom. The van der Waals surface area contributed by atoms with Gasteiger partial charge in [-0.3, -0.25) is 4.79 Å². The summed E-state index contributed by atoms with van der Waals surface area (Å²) in [4.78, 5) is 18.1. The minimum atomic E-state index is -0.182. The summed E-state index contributed by atoms with van der Waals surface area (Å²) in [6.07, 6.45) is 0. The predicted octanol–water partition coefficient (Wildman–Crippen LogP) is 6.51. The lowest BCUT2D eigenvalue weighted by molar-refractivity contribution is 0.102. The molecule has 4 aromatic rings. The molecule has 0 fully saturated rings. The average molecular weight is 417 g/mol. The molecule has 0 radical (unpaired) electrons. The van der Waals surface area contributed by atoms with E-state index in [1.165, 1.54) is 0 Å². The maximum atomic E-state index is 13.3. The smallest absolute Gasteiger partial charge is 0.256 e. The molecule has 0 aliphatic carbocycles. The lowest BCUT2D eigenvalue weighted by Gasteiger charge is -2.15. The number of carbonyl (C=O) groups is 1.